The van der Waals surface area contributed by atoms with E-state index in [2.05, 4.69) is 24.9 Å². The number of nitrogens with zero attached hydrogens (tertiary/aromatic N) is 2. The van der Waals surface area contributed by atoms with Gasteiger partial charge in [-0.05, 0) is 69.7 Å². The smallest absolute Gasteiger partial charge is 0.459 e. The number of carbonyl (C=O) groups is 2. The van der Waals surface area contributed by atoms with Crippen molar-refractivity contribution in [3.63, 3.8) is 0 Å². The van der Waals surface area contributed by atoms with Gasteiger partial charge in [0.05, 0.1) is 20.3 Å². The standard InChI is InChI=1S/C26H28N3O8P.C20H24N3O8P/c1-18-15-29(26(32)27-24(18)30)23-14-13-22(36-23)17-35-38(33,37-21-11-7-4-8-12-21)28-19(2)25(31)34-16-20-9-5-3-6-10-20;1-13-11-23(20(26)21-18(13)24)17-10-9-16(30-17)12-29-32(27,22-14(2)19(25)28-3)31-15-7-5-4-6-8-15/h3-15,19,22-23H,16-17H2,1-2H3,(H,28,33)(H,27,30,32);4-11,14,16-17H,12H2,1-3H3,(H,22,27)(H,21,24,26). The molecular formula is C46H52N6O16P2. The van der Waals surface area contributed by atoms with Crippen LogP contribution in [0.4, 0.5) is 0 Å². The summed E-state index contributed by atoms with van der Waals surface area (Å²) in [7, 11) is -6.90. The molecule has 0 spiro atoms. The van der Waals surface area contributed by atoms with Crippen LogP contribution in [0.2, 0.25) is 0 Å². The van der Waals surface area contributed by atoms with Crippen LogP contribution >= 0.6 is 15.5 Å². The van der Waals surface area contributed by atoms with Crippen LogP contribution in [0, 0.1) is 13.8 Å². The second-order valence-electron chi connectivity index (χ2n) is 15.6. The van der Waals surface area contributed by atoms with E-state index in [0.717, 1.165) is 5.56 Å². The zero-order valence-electron chi connectivity index (χ0n) is 38.5. The molecule has 372 valence electrons. The van der Waals surface area contributed by atoms with Gasteiger partial charge in [0.1, 0.15) is 42.4 Å². The maximum atomic E-state index is 13.7. The monoisotopic (exact) mass is 1010 g/mol. The highest BCUT2D eigenvalue weighted by Crippen LogP contribution is 2.46. The zero-order valence-corrected chi connectivity index (χ0v) is 40.3. The van der Waals surface area contributed by atoms with Crippen LogP contribution in [-0.4, -0.2) is 75.7 Å². The van der Waals surface area contributed by atoms with Gasteiger partial charge >= 0.3 is 38.8 Å². The maximum Gasteiger partial charge on any atom is 0.459 e. The Morgan fingerprint density at radius 2 is 1.03 bits per heavy atom. The lowest BCUT2D eigenvalue weighted by molar-refractivity contribution is -0.146. The number of H-pyrrole nitrogens is 2. The van der Waals surface area contributed by atoms with E-state index in [9.17, 15) is 37.9 Å². The highest BCUT2D eigenvalue weighted by atomic mass is 31.2. The molecule has 24 heteroatoms. The first-order chi connectivity index (χ1) is 33.4. The second-order valence-corrected chi connectivity index (χ2v) is 19.0. The molecule has 0 saturated heterocycles. The topological polar surface area (TPSA) is 276 Å². The molecule has 8 atom stereocenters. The number of hydrogen-bond acceptors (Lipinski definition) is 16. The largest absolute Gasteiger partial charge is 0.468 e. The molecule has 2 aliphatic rings. The Balaban J connectivity index is 0.000000233. The fraction of sp³-hybridized carbons (Fsp3) is 0.304. The molecule has 8 unspecified atom stereocenters. The number of hydrogen-bond donors (Lipinski definition) is 4. The van der Waals surface area contributed by atoms with Gasteiger partial charge in [-0.3, -0.25) is 47.3 Å². The molecule has 0 aliphatic carbocycles. The van der Waals surface area contributed by atoms with E-state index in [4.69, 9.17) is 32.3 Å². The Labute approximate surface area is 400 Å². The zero-order chi connectivity index (χ0) is 50.4. The highest BCUT2D eigenvalue weighted by Gasteiger charge is 2.36. The van der Waals surface area contributed by atoms with E-state index >= 15 is 0 Å². The number of aromatic nitrogens is 4. The first kappa shape index (κ1) is 52.6. The van der Waals surface area contributed by atoms with Crippen molar-refractivity contribution >= 4 is 27.4 Å². The van der Waals surface area contributed by atoms with Gasteiger partial charge in [0.25, 0.3) is 11.1 Å². The quantitative estimate of drug-likeness (QED) is 0.0459. The van der Waals surface area contributed by atoms with Gasteiger partial charge in [-0.2, -0.15) is 10.2 Å². The molecule has 0 saturated carbocycles. The summed E-state index contributed by atoms with van der Waals surface area (Å²) in [4.78, 5) is 76.2. The van der Waals surface area contributed by atoms with Crippen molar-refractivity contribution in [2.24, 2.45) is 0 Å². The number of methoxy groups -OCH3 is 1. The van der Waals surface area contributed by atoms with Crippen LogP contribution in [0.1, 0.15) is 43.0 Å². The predicted molar refractivity (Wildman–Crippen MR) is 253 cm³/mol. The summed E-state index contributed by atoms with van der Waals surface area (Å²) >= 11 is 0. The average Bonchev–Trinajstić information content (AvgIpc) is 4.03. The minimum Gasteiger partial charge on any atom is -0.468 e. The van der Waals surface area contributed by atoms with Crippen molar-refractivity contribution in [2.45, 2.75) is 71.0 Å². The molecule has 0 amide bonds. The van der Waals surface area contributed by atoms with Gasteiger partial charge < -0.3 is 28.0 Å². The Morgan fingerprint density at radius 3 is 1.44 bits per heavy atom. The van der Waals surface area contributed by atoms with Crippen molar-refractivity contribution in [2.75, 3.05) is 20.3 Å². The van der Waals surface area contributed by atoms with Gasteiger partial charge in [-0.1, -0.05) is 78.9 Å². The number of nitrogens with one attached hydrogen (secondary N) is 4. The van der Waals surface area contributed by atoms with Crippen LogP contribution in [-0.2, 0) is 53.3 Å². The van der Waals surface area contributed by atoms with E-state index in [1.807, 2.05) is 30.3 Å². The summed E-state index contributed by atoms with van der Waals surface area (Å²) in [6.07, 6.45) is 6.37. The third-order valence-electron chi connectivity index (χ3n) is 10.0. The summed E-state index contributed by atoms with van der Waals surface area (Å²) in [6, 6.07) is 23.9. The van der Waals surface area contributed by atoms with E-state index in [1.165, 1.54) is 42.5 Å². The van der Waals surface area contributed by atoms with Crippen LogP contribution in [0.25, 0.3) is 0 Å². The number of aryl methyl sites for hydroxylation is 2. The minimum atomic E-state index is -4.10. The molecule has 7 rings (SSSR count). The fourth-order valence-electron chi connectivity index (χ4n) is 6.41. The highest BCUT2D eigenvalue weighted by molar-refractivity contribution is 7.52. The molecule has 3 aromatic carbocycles. The summed E-state index contributed by atoms with van der Waals surface area (Å²) in [5, 5.41) is 5.17. The molecule has 2 aromatic heterocycles. The molecule has 2 aliphatic heterocycles. The number of aromatic amines is 2. The van der Waals surface area contributed by atoms with Crippen molar-refractivity contribution < 1.29 is 55.8 Å². The van der Waals surface area contributed by atoms with Crippen LogP contribution < -0.4 is 41.7 Å². The van der Waals surface area contributed by atoms with Crippen molar-refractivity contribution in [3.05, 3.63) is 186 Å². The third-order valence-corrected chi connectivity index (χ3v) is 13.3. The lowest BCUT2D eigenvalue weighted by Gasteiger charge is -2.24. The van der Waals surface area contributed by atoms with Gasteiger partial charge in [-0.15, -0.1) is 0 Å². The summed E-state index contributed by atoms with van der Waals surface area (Å²) in [5.41, 5.74) is -0.692. The number of carbonyl (C=O) groups excluding carboxylic acids is 2. The van der Waals surface area contributed by atoms with Crippen molar-refractivity contribution in [1.82, 2.24) is 29.3 Å². The van der Waals surface area contributed by atoms with Gasteiger partial charge in [0.2, 0.25) is 0 Å². The maximum absolute atomic E-state index is 13.7. The van der Waals surface area contributed by atoms with Crippen LogP contribution in [0.3, 0.4) is 0 Å². The Kier molecular flexibility index (Phi) is 18.2. The minimum absolute atomic E-state index is 0.0576. The average molecular weight is 1010 g/mol. The molecule has 22 nitrogen and oxygen atoms in total. The van der Waals surface area contributed by atoms with Crippen LogP contribution in [0.15, 0.2) is 147 Å². The van der Waals surface area contributed by atoms with E-state index < -0.39 is 86.7 Å². The van der Waals surface area contributed by atoms with Gasteiger partial charge in [0, 0.05) is 23.5 Å². The first-order valence-corrected chi connectivity index (χ1v) is 24.7. The predicted octanol–water partition coefficient (Wildman–Crippen LogP) is 4.88. The SMILES string of the molecule is COC(=O)C(C)NP(=O)(OCC1C=CC(n2cc(C)c(=O)[nH]c2=O)O1)Oc1ccccc1.Cc1cn(C2C=CC(COP(=O)(NC(C)C(=O)OCc3ccccc3)Oc3ccccc3)O2)c(=O)[nH]c1=O. The molecule has 4 heterocycles. The lowest BCUT2D eigenvalue weighted by atomic mass is 10.2. The summed E-state index contributed by atoms with van der Waals surface area (Å²) in [5.74, 6) is -0.741. The number of para-hydroxylation sites is 2. The van der Waals surface area contributed by atoms with Crippen LogP contribution in [0.5, 0.6) is 11.5 Å². The Hall–Kier alpha value is -6.74. The fourth-order valence-corrected chi connectivity index (χ4v) is 9.41. The second kappa shape index (κ2) is 24.2. The molecular weight excluding hydrogens is 954 g/mol. The lowest BCUT2D eigenvalue weighted by Crippen LogP contribution is -2.36. The molecule has 0 radical (unpaired) electrons. The molecule has 5 aromatic rings. The Morgan fingerprint density at radius 1 is 0.629 bits per heavy atom. The van der Waals surface area contributed by atoms with E-state index in [-0.39, 0.29) is 31.3 Å². The number of rotatable bonds is 20. The normalized spacial score (nSPS) is 19.7. The molecule has 0 bridgehead atoms. The van der Waals surface area contributed by atoms with Crippen molar-refractivity contribution in [3.8, 4) is 11.5 Å². The van der Waals surface area contributed by atoms with Gasteiger partial charge in [-0.25, -0.2) is 18.7 Å². The van der Waals surface area contributed by atoms with E-state index in [1.54, 1.807) is 98.8 Å². The Bertz CT molecular complexity index is 2980. The summed E-state index contributed by atoms with van der Waals surface area (Å²) in [6.45, 7) is 5.74. The van der Waals surface area contributed by atoms with E-state index in [0.29, 0.717) is 11.1 Å². The molecule has 0 fully saturated rings. The summed E-state index contributed by atoms with van der Waals surface area (Å²) < 4.78 is 73.4. The number of benzene rings is 3. The number of esters is 2. The number of ether oxygens (including phenoxy) is 4. The third kappa shape index (κ3) is 14.9. The first-order valence-electron chi connectivity index (χ1n) is 21.6. The van der Waals surface area contributed by atoms with Crippen molar-refractivity contribution in [1.29, 1.82) is 0 Å². The molecule has 4 N–H and O–H groups in total. The molecule has 70 heavy (non-hydrogen) atoms. The van der Waals surface area contributed by atoms with Gasteiger partial charge in [0.15, 0.2) is 12.5 Å².